The molecule has 1 saturated heterocycles. The van der Waals surface area contributed by atoms with E-state index in [9.17, 15) is 18.4 Å². The van der Waals surface area contributed by atoms with Crippen molar-refractivity contribution in [1.82, 2.24) is 9.88 Å². The molecule has 0 bridgehead atoms. The molecule has 7 heteroatoms. The van der Waals surface area contributed by atoms with E-state index in [1.807, 2.05) is 0 Å². The van der Waals surface area contributed by atoms with Crippen LogP contribution in [0.25, 0.3) is 0 Å². The van der Waals surface area contributed by atoms with E-state index in [0.717, 1.165) is 6.07 Å². The average Bonchev–Trinajstić information content (AvgIpc) is 2.33. The van der Waals surface area contributed by atoms with E-state index < -0.39 is 35.9 Å². The standard InChI is InChI=1S/C12H12F2N2O3/c1-6-5-16(11(17)12(18)19-6)7(2)8-3-4-9(13)15-10(8)14/h3-4,6-7H,5H2,1-2H3/t6?,7-/m0/s1. The Morgan fingerprint density at radius 1 is 1.42 bits per heavy atom. The zero-order valence-corrected chi connectivity index (χ0v) is 10.4. The lowest BCUT2D eigenvalue weighted by molar-refractivity contribution is -0.173. The van der Waals surface area contributed by atoms with Crippen LogP contribution >= 0.6 is 0 Å². The molecule has 1 amide bonds. The highest BCUT2D eigenvalue weighted by Gasteiger charge is 2.36. The third-order valence-corrected chi connectivity index (χ3v) is 2.96. The summed E-state index contributed by atoms with van der Waals surface area (Å²) in [6.45, 7) is 3.33. The van der Waals surface area contributed by atoms with Gasteiger partial charge in [-0.25, -0.2) is 4.79 Å². The summed E-state index contributed by atoms with van der Waals surface area (Å²) in [5.41, 5.74) is 0.0525. The first-order chi connectivity index (χ1) is 8.90. The second-order valence-corrected chi connectivity index (χ2v) is 4.36. The maximum Gasteiger partial charge on any atom is 0.397 e. The molecule has 1 aliphatic heterocycles. The van der Waals surface area contributed by atoms with Crippen molar-refractivity contribution in [2.24, 2.45) is 0 Å². The van der Waals surface area contributed by atoms with Gasteiger partial charge in [-0.2, -0.15) is 13.8 Å². The molecule has 2 heterocycles. The van der Waals surface area contributed by atoms with Crippen LogP contribution in [0.15, 0.2) is 12.1 Å². The Bertz CT molecular complexity index is 536. The van der Waals surface area contributed by atoms with Gasteiger partial charge >= 0.3 is 11.9 Å². The van der Waals surface area contributed by atoms with Gasteiger partial charge in [0.15, 0.2) is 0 Å². The highest BCUT2D eigenvalue weighted by atomic mass is 19.1. The van der Waals surface area contributed by atoms with Crippen molar-refractivity contribution >= 4 is 11.9 Å². The Hall–Kier alpha value is -2.05. The first-order valence-corrected chi connectivity index (χ1v) is 5.73. The molecule has 1 fully saturated rings. The van der Waals surface area contributed by atoms with Gasteiger partial charge in [-0.05, 0) is 26.0 Å². The fourth-order valence-electron chi connectivity index (χ4n) is 1.98. The number of morpholine rings is 1. The molecule has 1 unspecified atom stereocenters. The monoisotopic (exact) mass is 270 g/mol. The predicted molar refractivity (Wildman–Crippen MR) is 59.8 cm³/mol. The number of halogens is 2. The molecule has 2 atom stereocenters. The van der Waals surface area contributed by atoms with Gasteiger partial charge in [0.2, 0.25) is 11.9 Å². The van der Waals surface area contributed by atoms with E-state index >= 15 is 0 Å². The van der Waals surface area contributed by atoms with Crippen molar-refractivity contribution in [3.8, 4) is 0 Å². The second kappa shape index (κ2) is 4.91. The van der Waals surface area contributed by atoms with E-state index in [0.29, 0.717) is 0 Å². The van der Waals surface area contributed by atoms with Crippen molar-refractivity contribution in [2.75, 3.05) is 6.54 Å². The number of pyridine rings is 1. The highest BCUT2D eigenvalue weighted by molar-refractivity contribution is 6.32. The molecule has 1 aromatic rings. The number of rotatable bonds is 2. The first kappa shape index (κ1) is 13.4. The molecule has 0 radical (unpaired) electrons. The fraction of sp³-hybridized carbons (Fsp3) is 0.417. The van der Waals surface area contributed by atoms with Crippen molar-refractivity contribution in [3.05, 3.63) is 29.6 Å². The third-order valence-electron chi connectivity index (χ3n) is 2.96. The molecule has 19 heavy (non-hydrogen) atoms. The summed E-state index contributed by atoms with van der Waals surface area (Å²) in [4.78, 5) is 27.3. The Labute approximate surface area is 108 Å². The molecule has 0 N–H and O–H groups in total. The van der Waals surface area contributed by atoms with Gasteiger partial charge in [0.05, 0.1) is 12.6 Å². The minimum Gasteiger partial charge on any atom is -0.454 e. The predicted octanol–water partition coefficient (Wildman–Crippen LogP) is 1.19. The smallest absolute Gasteiger partial charge is 0.397 e. The van der Waals surface area contributed by atoms with Crippen LogP contribution in [0.1, 0.15) is 25.5 Å². The fourth-order valence-corrected chi connectivity index (χ4v) is 1.98. The summed E-state index contributed by atoms with van der Waals surface area (Å²) in [6, 6.07) is 1.49. The van der Waals surface area contributed by atoms with Gasteiger partial charge in [-0.3, -0.25) is 4.79 Å². The zero-order valence-electron chi connectivity index (χ0n) is 10.4. The van der Waals surface area contributed by atoms with Crippen LogP contribution in [-0.4, -0.2) is 34.4 Å². The van der Waals surface area contributed by atoms with Gasteiger partial charge in [0.1, 0.15) is 6.10 Å². The van der Waals surface area contributed by atoms with Crippen LogP contribution in [0, 0.1) is 11.9 Å². The Morgan fingerprint density at radius 2 is 2.11 bits per heavy atom. The molecule has 0 aliphatic carbocycles. The lowest BCUT2D eigenvalue weighted by Gasteiger charge is -2.34. The topological polar surface area (TPSA) is 59.5 Å². The van der Waals surface area contributed by atoms with E-state index in [4.69, 9.17) is 4.74 Å². The molecular formula is C12H12F2N2O3. The first-order valence-electron chi connectivity index (χ1n) is 5.73. The SMILES string of the molecule is CC1CN([C@@H](C)c2ccc(F)nc2F)C(=O)C(=O)O1. The van der Waals surface area contributed by atoms with Crippen LogP contribution in [-0.2, 0) is 14.3 Å². The van der Waals surface area contributed by atoms with Gasteiger partial charge < -0.3 is 9.64 Å². The van der Waals surface area contributed by atoms with E-state index in [2.05, 4.69) is 4.98 Å². The molecule has 1 aromatic heterocycles. The Kier molecular flexibility index (Phi) is 3.46. The quantitative estimate of drug-likeness (QED) is 0.460. The summed E-state index contributed by atoms with van der Waals surface area (Å²) in [5, 5.41) is 0. The number of cyclic esters (lactones) is 1. The molecule has 5 nitrogen and oxygen atoms in total. The van der Waals surface area contributed by atoms with Crippen LogP contribution < -0.4 is 0 Å². The number of ether oxygens (including phenoxy) is 1. The number of amides is 1. The molecule has 2 rings (SSSR count). The maximum atomic E-state index is 13.6. The summed E-state index contributed by atoms with van der Waals surface area (Å²) in [5.74, 6) is -3.74. The van der Waals surface area contributed by atoms with E-state index in [1.54, 1.807) is 13.8 Å². The number of nitrogens with zero attached hydrogens (tertiary/aromatic N) is 2. The largest absolute Gasteiger partial charge is 0.454 e. The minimum atomic E-state index is -0.994. The number of aromatic nitrogens is 1. The third kappa shape index (κ3) is 2.54. The maximum absolute atomic E-state index is 13.6. The van der Waals surface area contributed by atoms with Crippen LogP contribution in [0.2, 0.25) is 0 Å². The molecule has 0 aromatic carbocycles. The van der Waals surface area contributed by atoms with Crippen molar-refractivity contribution < 1.29 is 23.1 Å². The lowest BCUT2D eigenvalue weighted by atomic mass is 10.1. The van der Waals surface area contributed by atoms with Gasteiger partial charge in [-0.15, -0.1) is 0 Å². The normalized spacial score (nSPS) is 21.3. The molecule has 0 spiro atoms. The summed E-state index contributed by atoms with van der Waals surface area (Å²) in [7, 11) is 0. The number of hydrogen-bond acceptors (Lipinski definition) is 4. The van der Waals surface area contributed by atoms with Gasteiger partial charge in [0.25, 0.3) is 0 Å². The summed E-state index contributed by atoms with van der Waals surface area (Å²) >= 11 is 0. The molecule has 102 valence electrons. The Balaban J connectivity index is 2.29. The molecule has 1 aliphatic rings. The number of carbonyl (C=O) groups is 2. The highest BCUT2D eigenvalue weighted by Crippen LogP contribution is 2.25. The molecule has 0 saturated carbocycles. The van der Waals surface area contributed by atoms with Crippen LogP contribution in [0.5, 0.6) is 0 Å². The summed E-state index contributed by atoms with van der Waals surface area (Å²) < 4.78 is 31.1. The number of esters is 1. The zero-order chi connectivity index (χ0) is 14.2. The van der Waals surface area contributed by atoms with E-state index in [1.165, 1.54) is 11.0 Å². The number of carbonyl (C=O) groups excluding carboxylic acids is 2. The van der Waals surface area contributed by atoms with Crippen molar-refractivity contribution in [1.29, 1.82) is 0 Å². The second-order valence-electron chi connectivity index (χ2n) is 4.36. The van der Waals surface area contributed by atoms with Gasteiger partial charge in [-0.1, -0.05) is 0 Å². The minimum absolute atomic E-state index is 0.0525. The lowest BCUT2D eigenvalue weighted by Crippen LogP contribution is -2.49. The van der Waals surface area contributed by atoms with Crippen molar-refractivity contribution in [2.45, 2.75) is 26.0 Å². The number of hydrogen-bond donors (Lipinski definition) is 0. The summed E-state index contributed by atoms with van der Waals surface area (Å²) in [6.07, 6.45) is -0.468. The molecular weight excluding hydrogens is 258 g/mol. The van der Waals surface area contributed by atoms with Crippen LogP contribution in [0.4, 0.5) is 8.78 Å². The van der Waals surface area contributed by atoms with Gasteiger partial charge in [0, 0.05) is 5.56 Å². The van der Waals surface area contributed by atoms with E-state index in [-0.39, 0.29) is 12.1 Å². The van der Waals surface area contributed by atoms with Crippen molar-refractivity contribution in [3.63, 3.8) is 0 Å². The average molecular weight is 270 g/mol. The Morgan fingerprint density at radius 3 is 2.74 bits per heavy atom. The van der Waals surface area contributed by atoms with Crippen LogP contribution in [0.3, 0.4) is 0 Å².